The number of unbranched alkanes of at least 4 members (excludes halogenated alkanes) is 49. The van der Waals surface area contributed by atoms with Gasteiger partial charge in [0, 0.05) is 25.7 Å². The maximum absolute atomic E-state index is 13.1. The molecule has 0 aliphatic heterocycles. The fourth-order valence-electron chi connectivity index (χ4n) is 13.1. The number of aliphatic hydroxyl groups is 1. The second kappa shape index (κ2) is 75.1. The number of phosphoric acid groups is 2. The maximum Gasteiger partial charge on any atom is 0.472 e. The van der Waals surface area contributed by atoms with Crippen LogP contribution >= 0.6 is 15.6 Å². The van der Waals surface area contributed by atoms with Gasteiger partial charge in [0.1, 0.15) is 19.3 Å². The van der Waals surface area contributed by atoms with E-state index in [0.29, 0.717) is 25.7 Å². The minimum atomic E-state index is -4.97. The van der Waals surface area contributed by atoms with E-state index in [9.17, 15) is 43.2 Å². The molecule has 0 amide bonds. The third-order valence-corrected chi connectivity index (χ3v) is 22.5. The number of hydrogen-bond acceptors (Lipinski definition) is 15. The lowest BCUT2D eigenvalue weighted by molar-refractivity contribution is -0.161. The van der Waals surface area contributed by atoms with Crippen molar-refractivity contribution in [1.82, 2.24) is 0 Å². The molecule has 0 aromatic heterocycles. The Bertz CT molecular complexity index is 2010. The van der Waals surface area contributed by atoms with Crippen LogP contribution in [0, 0.1) is 17.8 Å². The van der Waals surface area contributed by atoms with Gasteiger partial charge in [-0.05, 0) is 43.4 Å². The zero-order valence-corrected chi connectivity index (χ0v) is 70.3. The highest BCUT2D eigenvalue weighted by molar-refractivity contribution is 7.47. The van der Waals surface area contributed by atoms with E-state index in [1.165, 1.54) is 257 Å². The molecule has 0 aromatic carbocycles. The molecule has 0 saturated heterocycles. The Morgan fingerprint density at radius 1 is 0.279 bits per heavy atom. The molecule has 19 heteroatoms. The summed E-state index contributed by atoms with van der Waals surface area (Å²) in [4.78, 5) is 73.2. The highest BCUT2D eigenvalue weighted by Gasteiger charge is 2.30. The Hall–Kier alpha value is -1.94. The Morgan fingerprint density at radius 3 is 0.731 bits per heavy atom. The van der Waals surface area contributed by atoms with Crippen molar-refractivity contribution in [3.05, 3.63) is 0 Å². The summed E-state index contributed by atoms with van der Waals surface area (Å²) in [6.07, 6.45) is 65.1. The van der Waals surface area contributed by atoms with Crippen molar-refractivity contribution < 1.29 is 80.2 Å². The summed E-state index contributed by atoms with van der Waals surface area (Å²) in [7, 11) is -9.93. The van der Waals surface area contributed by atoms with E-state index >= 15 is 0 Å². The Labute approximate surface area is 638 Å². The number of phosphoric ester groups is 2. The largest absolute Gasteiger partial charge is 0.472 e. The Balaban J connectivity index is 5.24. The minimum absolute atomic E-state index is 0.106. The van der Waals surface area contributed by atoms with Crippen LogP contribution in [0.2, 0.25) is 0 Å². The molecule has 0 saturated carbocycles. The third kappa shape index (κ3) is 75.5. The van der Waals surface area contributed by atoms with E-state index in [4.69, 9.17) is 37.0 Å². The molecule has 0 aliphatic rings. The average Bonchev–Trinajstić information content (AvgIpc) is 0.911. The van der Waals surface area contributed by atoms with Crippen LogP contribution in [-0.2, 0) is 65.4 Å². The molecule has 0 heterocycles. The summed E-state index contributed by atoms with van der Waals surface area (Å²) in [5.74, 6) is 0.312. The molecule has 3 N–H and O–H groups in total. The van der Waals surface area contributed by atoms with Crippen LogP contribution in [0.15, 0.2) is 0 Å². The molecule has 4 unspecified atom stereocenters. The van der Waals surface area contributed by atoms with Crippen molar-refractivity contribution in [2.45, 2.75) is 465 Å². The van der Waals surface area contributed by atoms with Gasteiger partial charge in [-0.25, -0.2) is 9.13 Å². The zero-order chi connectivity index (χ0) is 76.5. The summed E-state index contributed by atoms with van der Waals surface area (Å²) < 4.78 is 68.9. The molecule has 0 radical (unpaired) electrons. The second-order valence-corrected chi connectivity index (χ2v) is 34.4. The number of carbonyl (C=O) groups is 4. The number of esters is 4. The van der Waals surface area contributed by atoms with E-state index in [2.05, 4.69) is 48.5 Å². The molecule has 0 aliphatic carbocycles. The van der Waals surface area contributed by atoms with Gasteiger partial charge in [-0.1, -0.05) is 395 Å². The lowest BCUT2D eigenvalue weighted by Crippen LogP contribution is -2.30. The van der Waals surface area contributed by atoms with Crippen LogP contribution in [0.1, 0.15) is 447 Å². The van der Waals surface area contributed by atoms with Crippen LogP contribution in [-0.4, -0.2) is 96.7 Å². The quantitative estimate of drug-likeness (QED) is 0.0222. The van der Waals surface area contributed by atoms with E-state index in [1.807, 2.05) is 0 Å². The molecule has 0 fully saturated rings. The minimum Gasteiger partial charge on any atom is -0.462 e. The molecule has 17 nitrogen and oxygen atoms in total. The monoisotopic (exact) mass is 1520 g/mol. The van der Waals surface area contributed by atoms with Gasteiger partial charge in [-0.3, -0.25) is 37.3 Å². The topological polar surface area (TPSA) is 237 Å². The lowest BCUT2D eigenvalue weighted by Gasteiger charge is -2.21. The third-order valence-electron chi connectivity index (χ3n) is 20.6. The van der Waals surface area contributed by atoms with Crippen molar-refractivity contribution in [3.63, 3.8) is 0 Å². The van der Waals surface area contributed by atoms with Crippen molar-refractivity contribution in [1.29, 1.82) is 0 Å². The number of rotatable bonds is 83. The molecule has 0 rings (SSSR count). The van der Waals surface area contributed by atoms with E-state index in [0.717, 1.165) is 108 Å². The van der Waals surface area contributed by atoms with Gasteiger partial charge in [0.2, 0.25) is 0 Å². The maximum atomic E-state index is 13.1. The predicted molar refractivity (Wildman–Crippen MR) is 428 cm³/mol. The van der Waals surface area contributed by atoms with Gasteiger partial charge >= 0.3 is 39.5 Å². The number of hydrogen-bond donors (Lipinski definition) is 3. The van der Waals surface area contributed by atoms with E-state index < -0.39 is 97.5 Å². The summed E-state index contributed by atoms with van der Waals surface area (Å²) >= 11 is 0. The fourth-order valence-corrected chi connectivity index (χ4v) is 14.7. The summed E-state index contributed by atoms with van der Waals surface area (Å²) in [6.45, 7) is 12.0. The summed E-state index contributed by atoms with van der Waals surface area (Å²) in [5, 5.41) is 10.7. The van der Waals surface area contributed by atoms with Gasteiger partial charge in [-0.15, -0.1) is 0 Å². The number of carbonyl (C=O) groups excluding carboxylic acids is 4. The van der Waals surface area contributed by atoms with E-state index in [-0.39, 0.29) is 25.7 Å². The highest BCUT2D eigenvalue weighted by Crippen LogP contribution is 2.45. The standard InChI is InChI=1S/C85H166O17P2/c1-8-11-12-13-14-15-16-17-18-24-27-30-38-45-52-59-66-82(87)95-72-80(101-84(89)68-61-54-47-39-31-28-25-22-20-19-21-23-26-29-36-43-50-57-64-77(6)9-2)74-99-103(91,92)97-70-79(86)71-98-104(93,94)100-75-81(73-96-83(88)67-60-53-46-41-34-35-42-49-56-63-76(4)5)102-85(90)69-62-55-48-40-33-32-37-44-51-58-65-78(7)10-3/h76-81,86H,8-75H2,1-7H3,(H,91,92)(H,93,94)/t77?,78?,79-,80-,81-/m1/s1. The normalized spacial score (nSPS) is 14.4. The molecule has 0 aromatic rings. The van der Waals surface area contributed by atoms with Gasteiger partial charge in [-0.2, -0.15) is 0 Å². The van der Waals surface area contributed by atoms with Crippen molar-refractivity contribution in [2.75, 3.05) is 39.6 Å². The number of aliphatic hydroxyl groups excluding tert-OH is 1. The number of ether oxygens (including phenoxy) is 4. The van der Waals surface area contributed by atoms with Gasteiger partial charge in [0.25, 0.3) is 0 Å². The molecule has 0 bridgehead atoms. The zero-order valence-electron chi connectivity index (χ0n) is 68.5. The first-order chi connectivity index (χ1) is 50.3. The second-order valence-electron chi connectivity index (χ2n) is 31.5. The SMILES string of the molecule is CCCCCCCCCCCCCCCCCCC(=O)OC[C@H](COP(=O)(O)OC[C@@H](O)COP(=O)(O)OC[C@@H](COC(=O)CCCCCCCCCCCC(C)C)OC(=O)CCCCCCCCCCCCC(C)CC)OC(=O)CCCCCCCCCCCCCCCCCCCCC(C)CC. The van der Waals surface area contributed by atoms with Gasteiger partial charge in [0.05, 0.1) is 26.4 Å². The molecule has 618 valence electrons. The van der Waals surface area contributed by atoms with Crippen molar-refractivity contribution >= 4 is 39.5 Å². The van der Waals surface area contributed by atoms with Gasteiger partial charge in [0.15, 0.2) is 12.2 Å². The summed E-state index contributed by atoms with van der Waals surface area (Å²) in [6, 6.07) is 0. The van der Waals surface area contributed by atoms with Crippen LogP contribution in [0.3, 0.4) is 0 Å². The molecule has 104 heavy (non-hydrogen) atoms. The molecular weight excluding hydrogens is 1350 g/mol. The van der Waals surface area contributed by atoms with Crippen LogP contribution in [0.5, 0.6) is 0 Å². The van der Waals surface area contributed by atoms with Gasteiger partial charge < -0.3 is 33.8 Å². The van der Waals surface area contributed by atoms with Crippen molar-refractivity contribution in [2.24, 2.45) is 17.8 Å². The van der Waals surface area contributed by atoms with Crippen LogP contribution in [0.25, 0.3) is 0 Å². The van der Waals surface area contributed by atoms with E-state index in [1.54, 1.807) is 0 Å². The smallest absolute Gasteiger partial charge is 0.462 e. The van der Waals surface area contributed by atoms with Crippen LogP contribution < -0.4 is 0 Å². The average molecular weight is 1520 g/mol. The fraction of sp³-hybridized carbons (Fsp3) is 0.953. The predicted octanol–water partition coefficient (Wildman–Crippen LogP) is 25.7. The highest BCUT2D eigenvalue weighted by atomic mass is 31.2. The Kier molecular flexibility index (Phi) is 73.7. The summed E-state index contributed by atoms with van der Waals surface area (Å²) in [5.41, 5.74) is 0. The molecule has 0 spiro atoms. The lowest BCUT2D eigenvalue weighted by atomic mass is 9.99. The van der Waals surface area contributed by atoms with Crippen molar-refractivity contribution in [3.8, 4) is 0 Å². The molecular formula is C85H166O17P2. The first kappa shape index (κ1) is 102. The van der Waals surface area contributed by atoms with Crippen LogP contribution in [0.4, 0.5) is 0 Å². The first-order valence-electron chi connectivity index (χ1n) is 43.9. The molecule has 7 atom stereocenters. The Morgan fingerprint density at radius 2 is 0.490 bits per heavy atom. The first-order valence-corrected chi connectivity index (χ1v) is 46.9.